The maximum atomic E-state index is 12.1. The Bertz CT molecular complexity index is 1120. The monoisotopic (exact) mass is 492 g/mol. The maximum absolute atomic E-state index is 12.1. The highest BCUT2D eigenvalue weighted by Crippen LogP contribution is 2.41. The SMILES string of the molecule is C=C[C@@H](O)[C@@H]1CC[C@H]1CN1CCCOc2cc(Cl)ccc2COc2ccc(S(N)(=O)=O)cc21. The van der Waals surface area contributed by atoms with Gasteiger partial charge in [0.15, 0.2) is 0 Å². The number of sulfonamides is 1. The lowest BCUT2D eigenvalue weighted by atomic mass is 9.70. The molecule has 7 nitrogen and oxygen atoms in total. The predicted molar refractivity (Wildman–Crippen MR) is 128 cm³/mol. The van der Waals surface area contributed by atoms with Gasteiger partial charge in [-0.1, -0.05) is 23.7 Å². The Morgan fingerprint density at radius 2 is 2.03 bits per heavy atom. The summed E-state index contributed by atoms with van der Waals surface area (Å²) in [4.78, 5) is 2.15. The minimum Gasteiger partial charge on any atom is -0.493 e. The van der Waals surface area contributed by atoms with Crippen LogP contribution < -0.4 is 19.5 Å². The molecule has 0 amide bonds. The molecule has 0 unspecified atom stereocenters. The van der Waals surface area contributed by atoms with Gasteiger partial charge in [0.25, 0.3) is 0 Å². The van der Waals surface area contributed by atoms with Crippen molar-refractivity contribution in [2.75, 3.05) is 24.6 Å². The number of halogens is 1. The summed E-state index contributed by atoms with van der Waals surface area (Å²) in [6, 6.07) is 10.1. The van der Waals surface area contributed by atoms with Crippen LogP contribution in [0.25, 0.3) is 0 Å². The van der Waals surface area contributed by atoms with Crippen LogP contribution in [-0.2, 0) is 16.6 Å². The van der Waals surface area contributed by atoms with E-state index < -0.39 is 16.1 Å². The minimum absolute atomic E-state index is 0.0319. The van der Waals surface area contributed by atoms with E-state index in [-0.39, 0.29) is 23.3 Å². The molecule has 1 fully saturated rings. The highest BCUT2D eigenvalue weighted by atomic mass is 35.5. The summed E-state index contributed by atoms with van der Waals surface area (Å²) < 4.78 is 36.3. The van der Waals surface area contributed by atoms with Crippen LogP contribution >= 0.6 is 11.6 Å². The normalized spacial score (nSPS) is 21.8. The van der Waals surface area contributed by atoms with E-state index in [2.05, 4.69) is 11.5 Å². The Morgan fingerprint density at radius 3 is 2.73 bits per heavy atom. The van der Waals surface area contributed by atoms with E-state index in [1.54, 1.807) is 30.3 Å². The molecule has 2 aromatic carbocycles. The number of nitrogens with two attached hydrogens (primary N) is 1. The average molecular weight is 493 g/mol. The fraction of sp³-hybridized carbons (Fsp3) is 0.417. The second-order valence-corrected chi connectivity index (χ2v) is 10.6. The second-order valence-electron chi connectivity index (χ2n) is 8.59. The summed E-state index contributed by atoms with van der Waals surface area (Å²) in [6.45, 7) is 5.70. The number of aliphatic hydroxyl groups is 1. The number of nitrogens with zero attached hydrogens (tertiary/aromatic N) is 1. The molecule has 0 aromatic heterocycles. The van der Waals surface area contributed by atoms with Gasteiger partial charge in [0.2, 0.25) is 10.0 Å². The Hall–Kier alpha value is -2.26. The Labute approximate surface area is 199 Å². The lowest BCUT2D eigenvalue weighted by Gasteiger charge is -2.42. The molecular formula is C24H29ClN2O5S. The van der Waals surface area contributed by atoms with E-state index in [0.717, 1.165) is 18.4 Å². The Morgan fingerprint density at radius 1 is 1.21 bits per heavy atom. The number of hydrogen-bond donors (Lipinski definition) is 2. The van der Waals surface area contributed by atoms with Crippen LogP contribution in [0.15, 0.2) is 53.9 Å². The summed E-state index contributed by atoms with van der Waals surface area (Å²) in [5.74, 6) is 1.62. The Kier molecular flexibility index (Phi) is 7.19. The topological polar surface area (TPSA) is 102 Å². The second kappa shape index (κ2) is 9.93. The van der Waals surface area contributed by atoms with Crippen molar-refractivity contribution in [3.8, 4) is 11.5 Å². The molecular weight excluding hydrogens is 464 g/mol. The first-order valence-electron chi connectivity index (χ1n) is 11.0. The van der Waals surface area contributed by atoms with Crippen LogP contribution in [0.1, 0.15) is 24.8 Å². The van der Waals surface area contributed by atoms with E-state index in [1.165, 1.54) is 6.07 Å². The number of primary sulfonamides is 1. The van der Waals surface area contributed by atoms with Gasteiger partial charge in [0.05, 0.1) is 23.3 Å². The third-order valence-electron chi connectivity index (χ3n) is 6.45. The number of benzene rings is 2. The van der Waals surface area contributed by atoms with E-state index >= 15 is 0 Å². The van der Waals surface area contributed by atoms with Gasteiger partial charge in [-0.05, 0) is 61.4 Å². The van der Waals surface area contributed by atoms with Crippen LogP contribution in [0.3, 0.4) is 0 Å². The molecule has 1 aliphatic carbocycles. The van der Waals surface area contributed by atoms with Gasteiger partial charge in [-0.3, -0.25) is 0 Å². The smallest absolute Gasteiger partial charge is 0.238 e. The van der Waals surface area contributed by atoms with Gasteiger partial charge in [0, 0.05) is 23.7 Å². The van der Waals surface area contributed by atoms with Gasteiger partial charge in [0.1, 0.15) is 18.1 Å². The largest absolute Gasteiger partial charge is 0.493 e. The quantitative estimate of drug-likeness (QED) is 0.616. The molecule has 1 heterocycles. The zero-order valence-corrected chi connectivity index (χ0v) is 19.9. The van der Waals surface area contributed by atoms with E-state index in [0.29, 0.717) is 48.3 Å². The molecule has 178 valence electrons. The van der Waals surface area contributed by atoms with E-state index in [4.69, 9.17) is 26.2 Å². The summed E-state index contributed by atoms with van der Waals surface area (Å²) in [5.41, 5.74) is 1.51. The number of fused-ring (bicyclic) bond motifs is 2. The molecule has 2 aromatic rings. The third kappa shape index (κ3) is 5.46. The van der Waals surface area contributed by atoms with Gasteiger partial charge < -0.3 is 19.5 Å². The zero-order valence-electron chi connectivity index (χ0n) is 18.3. The number of ether oxygens (including phenoxy) is 2. The lowest BCUT2D eigenvalue weighted by Crippen LogP contribution is -2.43. The molecule has 0 bridgehead atoms. The molecule has 4 rings (SSSR count). The third-order valence-corrected chi connectivity index (χ3v) is 7.60. The molecule has 2 aliphatic rings. The van der Waals surface area contributed by atoms with Crippen LogP contribution in [0.4, 0.5) is 5.69 Å². The van der Waals surface area contributed by atoms with Crippen LogP contribution in [0.5, 0.6) is 11.5 Å². The summed E-state index contributed by atoms with van der Waals surface area (Å²) in [7, 11) is -3.88. The molecule has 9 heteroatoms. The fourth-order valence-electron chi connectivity index (χ4n) is 4.46. The van der Waals surface area contributed by atoms with Crippen molar-refractivity contribution in [2.45, 2.75) is 36.9 Å². The van der Waals surface area contributed by atoms with Crippen LogP contribution in [0.2, 0.25) is 5.02 Å². The number of rotatable bonds is 5. The predicted octanol–water partition coefficient (Wildman–Crippen LogP) is 3.73. The van der Waals surface area contributed by atoms with Crippen molar-refractivity contribution in [3.05, 3.63) is 59.6 Å². The summed E-state index contributed by atoms with van der Waals surface area (Å²) >= 11 is 6.15. The van der Waals surface area contributed by atoms with Gasteiger partial charge in [-0.2, -0.15) is 0 Å². The average Bonchev–Trinajstić information content (AvgIpc) is 2.79. The summed E-state index contributed by atoms with van der Waals surface area (Å²) in [5, 5.41) is 16.3. The molecule has 3 atom stereocenters. The lowest BCUT2D eigenvalue weighted by molar-refractivity contribution is 0.0464. The van der Waals surface area contributed by atoms with Crippen molar-refractivity contribution in [1.82, 2.24) is 0 Å². The van der Waals surface area contributed by atoms with Crippen molar-refractivity contribution in [1.29, 1.82) is 0 Å². The Balaban J connectivity index is 1.68. The first kappa shape index (κ1) is 23.9. The van der Waals surface area contributed by atoms with Crippen molar-refractivity contribution >= 4 is 27.3 Å². The first-order valence-corrected chi connectivity index (χ1v) is 12.9. The van der Waals surface area contributed by atoms with E-state index in [9.17, 15) is 13.5 Å². The van der Waals surface area contributed by atoms with E-state index in [1.807, 2.05) is 6.07 Å². The molecule has 1 saturated carbocycles. The molecule has 3 N–H and O–H groups in total. The fourth-order valence-corrected chi connectivity index (χ4v) is 5.15. The van der Waals surface area contributed by atoms with Gasteiger partial charge in [-0.25, -0.2) is 13.6 Å². The van der Waals surface area contributed by atoms with Crippen molar-refractivity contribution < 1.29 is 23.0 Å². The highest BCUT2D eigenvalue weighted by Gasteiger charge is 2.36. The maximum Gasteiger partial charge on any atom is 0.238 e. The molecule has 0 radical (unpaired) electrons. The van der Waals surface area contributed by atoms with Crippen LogP contribution in [-0.4, -0.2) is 39.3 Å². The summed E-state index contributed by atoms with van der Waals surface area (Å²) in [6.07, 6.45) is 3.65. The van der Waals surface area contributed by atoms with Crippen molar-refractivity contribution in [2.24, 2.45) is 17.0 Å². The van der Waals surface area contributed by atoms with Crippen molar-refractivity contribution in [3.63, 3.8) is 0 Å². The molecule has 0 saturated heterocycles. The minimum atomic E-state index is -3.88. The molecule has 33 heavy (non-hydrogen) atoms. The molecule has 0 spiro atoms. The van der Waals surface area contributed by atoms with Gasteiger partial charge >= 0.3 is 0 Å². The van der Waals surface area contributed by atoms with Crippen LogP contribution in [0, 0.1) is 11.8 Å². The zero-order chi connectivity index (χ0) is 23.6. The standard InChI is InChI=1S/C24H29ClN2O5S/c1-2-22(28)20-8-5-16(20)14-27-10-3-11-31-24-12-18(25)6-4-17(24)15-32-23-9-7-19(13-21(23)27)33(26,29)30/h2,4,6-7,9,12-13,16,20,22,28H,1,3,5,8,10-11,14-15H2,(H2,26,29,30)/t16-,20+,22+/m0/s1. The number of anilines is 1. The number of aliphatic hydroxyl groups excluding tert-OH is 1. The first-order chi connectivity index (χ1) is 15.8. The molecule has 1 aliphatic heterocycles. The number of hydrogen-bond acceptors (Lipinski definition) is 6. The van der Waals surface area contributed by atoms with Gasteiger partial charge in [-0.15, -0.1) is 6.58 Å². The highest BCUT2D eigenvalue weighted by molar-refractivity contribution is 7.89.